The standard InChI is InChI=1S/C22H25FN2O2/c1-15(2)16-3-5-18(6-4-16)22(27)25-13-11-20(12-14-25)24-21(26)17-7-9-19(23)10-8-17/h3-10,15,20H,11-14H2,1-2H3,(H,24,26). The van der Waals surface area contributed by atoms with E-state index in [0.717, 1.165) is 0 Å². The molecule has 3 rings (SSSR count). The molecular weight excluding hydrogens is 343 g/mol. The molecule has 0 radical (unpaired) electrons. The Morgan fingerprint density at radius 3 is 2.07 bits per heavy atom. The summed E-state index contributed by atoms with van der Waals surface area (Å²) in [5.74, 6) is -0.0907. The van der Waals surface area contributed by atoms with Crippen molar-refractivity contribution in [2.75, 3.05) is 13.1 Å². The maximum atomic E-state index is 13.0. The summed E-state index contributed by atoms with van der Waals surface area (Å²) in [6, 6.07) is 13.3. The average molecular weight is 368 g/mol. The van der Waals surface area contributed by atoms with Gasteiger partial charge in [0.1, 0.15) is 5.82 Å². The van der Waals surface area contributed by atoms with E-state index in [1.54, 1.807) is 0 Å². The molecule has 2 amide bonds. The molecule has 1 aliphatic rings. The molecule has 2 aromatic rings. The van der Waals surface area contributed by atoms with Gasteiger partial charge in [0.25, 0.3) is 11.8 Å². The number of nitrogens with zero attached hydrogens (tertiary/aromatic N) is 1. The zero-order valence-corrected chi connectivity index (χ0v) is 15.7. The highest BCUT2D eigenvalue weighted by Crippen LogP contribution is 2.18. The van der Waals surface area contributed by atoms with Crippen LogP contribution in [0, 0.1) is 5.82 Å². The van der Waals surface area contributed by atoms with Crippen LogP contribution in [0.2, 0.25) is 0 Å². The lowest BCUT2D eigenvalue weighted by Gasteiger charge is -2.32. The van der Waals surface area contributed by atoms with E-state index in [-0.39, 0.29) is 23.7 Å². The number of benzene rings is 2. The van der Waals surface area contributed by atoms with Gasteiger partial charge in [-0.3, -0.25) is 9.59 Å². The lowest BCUT2D eigenvalue weighted by Crippen LogP contribution is -2.46. The number of halogens is 1. The highest BCUT2D eigenvalue weighted by atomic mass is 19.1. The molecule has 142 valence electrons. The third-order valence-corrected chi connectivity index (χ3v) is 5.05. The van der Waals surface area contributed by atoms with Crippen molar-refractivity contribution in [2.45, 2.75) is 38.6 Å². The van der Waals surface area contributed by atoms with E-state index in [1.165, 1.54) is 29.8 Å². The van der Waals surface area contributed by atoms with Gasteiger partial charge < -0.3 is 10.2 Å². The van der Waals surface area contributed by atoms with Crippen molar-refractivity contribution in [3.63, 3.8) is 0 Å². The molecule has 1 fully saturated rings. The number of piperidine rings is 1. The first-order valence-corrected chi connectivity index (χ1v) is 9.39. The molecule has 27 heavy (non-hydrogen) atoms. The van der Waals surface area contributed by atoms with Crippen LogP contribution in [-0.4, -0.2) is 35.8 Å². The van der Waals surface area contributed by atoms with Crippen molar-refractivity contribution >= 4 is 11.8 Å². The van der Waals surface area contributed by atoms with E-state index in [2.05, 4.69) is 19.2 Å². The molecule has 1 heterocycles. The summed E-state index contributed by atoms with van der Waals surface area (Å²) < 4.78 is 13.0. The molecule has 0 aromatic heterocycles. The molecule has 0 aliphatic carbocycles. The average Bonchev–Trinajstić information content (AvgIpc) is 2.68. The minimum absolute atomic E-state index is 0.0231. The van der Waals surface area contributed by atoms with E-state index in [1.807, 2.05) is 29.2 Å². The van der Waals surface area contributed by atoms with Gasteiger partial charge in [-0.15, -0.1) is 0 Å². The molecule has 0 unspecified atom stereocenters. The van der Waals surface area contributed by atoms with Crippen LogP contribution in [0.1, 0.15) is 58.9 Å². The molecule has 0 saturated carbocycles. The first-order chi connectivity index (χ1) is 12.9. The van der Waals surface area contributed by atoms with Gasteiger partial charge in [-0.05, 0) is 60.7 Å². The zero-order chi connectivity index (χ0) is 19.4. The maximum absolute atomic E-state index is 13.0. The van der Waals surface area contributed by atoms with Crippen molar-refractivity contribution in [2.24, 2.45) is 0 Å². The molecule has 1 saturated heterocycles. The summed E-state index contributed by atoms with van der Waals surface area (Å²) in [6.45, 7) is 5.47. The van der Waals surface area contributed by atoms with Crippen LogP contribution in [0.15, 0.2) is 48.5 Å². The van der Waals surface area contributed by atoms with Crippen LogP contribution in [0.25, 0.3) is 0 Å². The van der Waals surface area contributed by atoms with E-state index in [4.69, 9.17) is 0 Å². The Bertz CT molecular complexity index is 792. The third-order valence-electron chi connectivity index (χ3n) is 5.05. The molecule has 5 heteroatoms. The summed E-state index contributed by atoms with van der Waals surface area (Å²) in [5.41, 5.74) is 2.36. The van der Waals surface area contributed by atoms with Crippen LogP contribution in [0.4, 0.5) is 4.39 Å². The summed E-state index contributed by atoms with van der Waals surface area (Å²) in [7, 11) is 0. The van der Waals surface area contributed by atoms with Gasteiger partial charge in [0.15, 0.2) is 0 Å². The molecule has 0 spiro atoms. The number of carbonyl (C=O) groups excluding carboxylic acids is 2. The fourth-order valence-electron chi connectivity index (χ4n) is 3.29. The Morgan fingerprint density at radius 2 is 1.52 bits per heavy atom. The molecular formula is C22H25FN2O2. The van der Waals surface area contributed by atoms with Crippen molar-refractivity contribution in [1.82, 2.24) is 10.2 Å². The van der Waals surface area contributed by atoms with Gasteiger partial charge >= 0.3 is 0 Å². The van der Waals surface area contributed by atoms with Gasteiger partial charge in [0.05, 0.1) is 0 Å². The minimum Gasteiger partial charge on any atom is -0.349 e. The second-order valence-corrected chi connectivity index (χ2v) is 7.32. The van der Waals surface area contributed by atoms with Gasteiger partial charge in [-0.2, -0.15) is 0 Å². The van der Waals surface area contributed by atoms with Crippen LogP contribution >= 0.6 is 0 Å². The second kappa shape index (κ2) is 8.33. The van der Waals surface area contributed by atoms with Crippen LogP contribution in [0.3, 0.4) is 0 Å². The smallest absolute Gasteiger partial charge is 0.253 e. The molecule has 0 bridgehead atoms. The van der Waals surface area contributed by atoms with Gasteiger partial charge in [-0.25, -0.2) is 4.39 Å². The lowest BCUT2D eigenvalue weighted by molar-refractivity contribution is 0.0698. The minimum atomic E-state index is -0.361. The Morgan fingerprint density at radius 1 is 0.963 bits per heavy atom. The summed E-state index contributed by atoms with van der Waals surface area (Å²) in [5, 5.41) is 2.97. The van der Waals surface area contributed by atoms with E-state index in [9.17, 15) is 14.0 Å². The number of amides is 2. The first kappa shape index (κ1) is 19.1. The molecule has 1 N–H and O–H groups in total. The van der Waals surface area contributed by atoms with Crippen molar-refractivity contribution in [3.05, 3.63) is 71.0 Å². The first-order valence-electron chi connectivity index (χ1n) is 9.39. The Balaban J connectivity index is 1.53. The Kier molecular flexibility index (Phi) is 5.89. The monoisotopic (exact) mass is 368 g/mol. The number of rotatable bonds is 4. The number of carbonyl (C=O) groups is 2. The SMILES string of the molecule is CC(C)c1ccc(C(=O)N2CCC(NC(=O)c3ccc(F)cc3)CC2)cc1. The van der Waals surface area contributed by atoms with E-state index >= 15 is 0 Å². The lowest BCUT2D eigenvalue weighted by atomic mass is 10.00. The van der Waals surface area contributed by atoms with E-state index in [0.29, 0.717) is 43.0 Å². The normalized spacial score (nSPS) is 15.0. The highest BCUT2D eigenvalue weighted by Gasteiger charge is 2.25. The molecule has 4 nitrogen and oxygen atoms in total. The van der Waals surface area contributed by atoms with Gasteiger partial charge in [0.2, 0.25) is 0 Å². The Labute approximate surface area is 159 Å². The predicted octanol–water partition coefficient (Wildman–Crippen LogP) is 3.98. The fraction of sp³-hybridized carbons (Fsp3) is 0.364. The highest BCUT2D eigenvalue weighted by molar-refractivity contribution is 5.95. The van der Waals surface area contributed by atoms with Crippen molar-refractivity contribution in [3.8, 4) is 0 Å². The quantitative estimate of drug-likeness (QED) is 0.887. The maximum Gasteiger partial charge on any atom is 0.253 e. The topological polar surface area (TPSA) is 49.4 Å². The largest absolute Gasteiger partial charge is 0.349 e. The second-order valence-electron chi connectivity index (χ2n) is 7.32. The molecule has 2 aromatic carbocycles. The van der Waals surface area contributed by atoms with Crippen LogP contribution in [0.5, 0.6) is 0 Å². The summed E-state index contributed by atoms with van der Waals surface area (Å²) in [6.07, 6.45) is 1.42. The fourth-order valence-corrected chi connectivity index (χ4v) is 3.29. The van der Waals surface area contributed by atoms with Crippen LogP contribution in [-0.2, 0) is 0 Å². The number of hydrogen-bond acceptors (Lipinski definition) is 2. The van der Waals surface area contributed by atoms with Crippen molar-refractivity contribution in [1.29, 1.82) is 0 Å². The summed E-state index contributed by atoms with van der Waals surface area (Å²) >= 11 is 0. The number of hydrogen-bond donors (Lipinski definition) is 1. The van der Waals surface area contributed by atoms with Gasteiger partial charge in [-0.1, -0.05) is 26.0 Å². The Hall–Kier alpha value is -2.69. The van der Waals surface area contributed by atoms with Crippen molar-refractivity contribution < 1.29 is 14.0 Å². The third kappa shape index (κ3) is 4.73. The van der Waals surface area contributed by atoms with E-state index < -0.39 is 0 Å². The summed E-state index contributed by atoms with van der Waals surface area (Å²) in [4.78, 5) is 26.7. The number of nitrogens with one attached hydrogen (secondary N) is 1. The predicted molar refractivity (Wildman–Crippen MR) is 103 cm³/mol. The van der Waals surface area contributed by atoms with Crippen LogP contribution < -0.4 is 5.32 Å². The molecule has 1 aliphatic heterocycles. The number of likely N-dealkylation sites (tertiary alicyclic amines) is 1. The van der Waals surface area contributed by atoms with Gasteiger partial charge in [0, 0.05) is 30.3 Å². The molecule has 0 atom stereocenters. The zero-order valence-electron chi connectivity index (χ0n) is 15.7.